The fraction of sp³-hybridized carbons (Fsp3) is 0.611. The number of H-pyrrole nitrogens is 1. The van der Waals surface area contributed by atoms with E-state index < -0.39 is 54.0 Å². The zero-order chi connectivity index (χ0) is 23.7. The molecule has 1 rings (SSSR count). The highest BCUT2D eigenvalue weighted by Gasteiger charge is 2.32. The molecule has 0 aromatic carbocycles. The zero-order valence-electron chi connectivity index (χ0n) is 17.5. The third-order valence-electron chi connectivity index (χ3n) is 4.49. The summed E-state index contributed by atoms with van der Waals surface area (Å²) < 4.78 is 0. The highest BCUT2D eigenvalue weighted by atomic mass is 32.1. The molecule has 3 amide bonds. The lowest BCUT2D eigenvalue weighted by Crippen LogP contribution is -2.60. The van der Waals surface area contributed by atoms with Crippen molar-refractivity contribution in [3.8, 4) is 0 Å². The van der Waals surface area contributed by atoms with Gasteiger partial charge in [-0.05, 0) is 12.8 Å². The first-order valence-electron chi connectivity index (χ1n) is 9.63. The van der Waals surface area contributed by atoms with Crippen molar-refractivity contribution in [1.82, 2.24) is 25.9 Å². The Balaban J connectivity index is 3.00. The number of carboxylic acid groups (broad SMARTS) is 1. The average molecular weight is 459 g/mol. The summed E-state index contributed by atoms with van der Waals surface area (Å²) in [6, 6.07) is -4.76. The lowest BCUT2D eigenvalue weighted by Gasteiger charge is -2.26. The molecule has 5 atom stereocenters. The van der Waals surface area contributed by atoms with Crippen molar-refractivity contribution in [3.05, 3.63) is 18.2 Å². The Labute approximate surface area is 185 Å². The Morgan fingerprint density at radius 3 is 2.16 bits per heavy atom. The number of amides is 3. The molecule has 0 fully saturated rings. The van der Waals surface area contributed by atoms with E-state index in [1.54, 1.807) is 13.8 Å². The quantitative estimate of drug-likeness (QED) is 0.161. The summed E-state index contributed by atoms with van der Waals surface area (Å²) in [7, 11) is 0. The number of carbonyl (C=O) groups is 4. The summed E-state index contributed by atoms with van der Waals surface area (Å²) in [4.78, 5) is 55.5. The molecule has 5 unspecified atom stereocenters. The van der Waals surface area contributed by atoms with E-state index in [9.17, 15) is 24.3 Å². The lowest BCUT2D eigenvalue weighted by atomic mass is 10.0. The molecule has 12 nitrogen and oxygen atoms in total. The molecule has 0 saturated carbocycles. The van der Waals surface area contributed by atoms with Crippen LogP contribution in [0.2, 0.25) is 0 Å². The van der Waals surface area contributed by atoms with Crippen molar-refractivity contribution >= 4 is 36.3 Å². The predicted molar refractivity (Wildman–Crippen MR) is 114 cm³/mol. The molecule has 0 bridgehead atoms. The van der Waals surface area contributed by atoms with Crippen LogP contribution >= 0.6 is 12.6 Å². The van der Waals surface area contributed by atoms with Gasteiger partial charge in [-0.2, -0.15) is 12.6 Å². The summed E-state index contributed by atoms with van der Waals surface area (Å²) in [5.74, 6) is -3.90. The molecule has 0 aliphatic rings. The van der Waals surface area contributed by atoms with Gasteiger partial charge in [0.1, 0.15) is 18.1 Å². The number of aliphatic hydroxyl groups is 1. The van der Waals surface area contributed by atoms with Crippen LogP contribution in [0.3, 0.4) is 0 Å². The Morgan fingerprint density at radius 2 is 1.71 bits per heavy atom. The zero-order valence-corrected chi connectivity index (χ0v) is 18.4. The Morgan fingerprint density at radius 1 is 1.10 bits per heavy atom. The van der Waals surface area contributed by atoms with Crippen molar-refractivity contribution in [1.29, 1.82) is 0 Å². The number of imidazole rings is 1. The van der Waals surface area contributed by atoms with Crippen molar-refractivity contribution in [2.45, 2.75) is 57.5 Å². The van der Waals surface area contributed by atoms with Gasteiger partial charge >= 0.3 is 5.97 Å². The van der Waals surface area contributed by atoms with Crippen molar-refractivity contribution in [2.75, 3.05) is 5.75 Å². The number of aromatic amines is 1. The molecule has 1 aromatic rings. The molecule has 13 heteroatoms. The number of nitrogens with zero attached hydrogens (tertiary/aromatic N) is 1. The number of rotatable bonds is 12. The van der Waals surface area contributed by atoms with Crippen LogP contribution in [0.25, 0.3) is 0 Å². The number of hydrogen-bond acceptors (Lipinski definition) is 8. The van der Waals surface area contributed by atoms with Crippen molar-refractivity contribution in [3.63, 3.8) is 0 Å². The molecule has 8 N–H and O–H groups in total. The second-order valence-electron chi connectivity index (χ2n) is 7.42. The predicted octanol–water partition coefficient (Wildman–Crippen LogP) is -2.21. The molecular formula is C18H30N6O6S. The fourth-order valence-electron chi connectivity index (χ4n) is 2.50. The standard InChI is InChI=1S/C18H30N6O6S/c1-8(2)13(19)16(27)24-14(9(3)25)17(28)22-11(4-10-5-20-7-21-10)15(26)23-12(6-31)18(29)30/h5,7-9,11-14,25,31H,4,6,19H2,1-3H3,(H,20,21)(H,22,28)(H,23,26)(H,24,27)(H,29,30). The highest BCUT2D eigenvalue weighted by Crippen LogP contribution is 2.04. The minimum atomic E-state index is -1.38. The van der Waals surface area contributed by atoms with E-state index in [-0.39, 0.29) is 18.1 Å². The van der Waals surface area contributed by atoms with Crippen molar-refractivity contribution < 1.29 is 29.4 Å². The van der Waals surface area contributed by atoms with Crippen LogP contribution in [0.1, 0.15) is 26.5 Å². The first kappa shape index (κ1) is 26.4. The third-order valence-corrected chi connectivity index (χ3v) is 4.86. The van der Waals surface area contributed by atoms with Crippen LogP contribution in [0.5, 0.6) is 0 Å². The van der Waals surface area contributed by atoms with E-state index >= 15 is 0 Å². The first-order chi connectivity index (χ1) is 14.5. The monoisotopic (exact) mass is 458 g/mol. The molecule has 1 aromatic heterocycles. The van der Waals surface area contributed by atoms with Gasteiger partial charge in [0.05, 0.1) is 18.5 Å². The van der Waals surface area contributed by atoms with Gasteiger partial charge in [0.15, 0.2) is 0 Å². The smallest absolute Gasteiger partial charge is 0.327 e. The van der Waals surface area contributed by atoms with Crippen LogP contribution in [0, 0.1) is 5.92 Å². The molecule has 31 heavy (non-hydrogen) atoms. The summed E-state index contributed by atoms with van der Waals surface area (Å²) in [6.45, 7) is 4.76. The summed E-state index contributed by atoms with van der Waals surface area (Å²) in [6.07, 6.45) is 1.49. The van der Waals surface area contributed by atoms with Gasteiger partial charge in [-0.25, -0.2) is 9.78 Å². The molecule has 0 spiro atoms. The van der Waals surface area contributed by atoms with E-state index in [4.69, 9.17) is 10.8 Å². The highest BCUT2D eigenvalue weighted by molar-refractivity contribution is 7.80. The van der Waals surface area contributed by atoms with Gasteiger partial charge in [0.25, 0.3) is 0 Å². The Bertz CT molecular complexity index is 757. The molecule has 1 heterocycles. The lowest BCUT2D eigenvalue weighted by molar-refractivity contribution is -0.141. The number of nitrogens with two attached hydrogens (primary N) is 1. The number of aliphatic hydroxyl groups excluding tert-OH is 1. The molecular weight excluding hydrogens is 428 g/mol. The number of nitrogens with one attached hydrogen (secondary N) is 4. The van der Waals surface area contributed by atoms with Gasteiger partial charge in [0, 0.05) is 24.1 Å². The summed E-state index contributed by atoms with van der Waals surface area (Å²) in [5.41, 5.74) is 6.28. The third kappa shape index (κ3) is 8.19. The van der Waals surface area contributed by atoms with E-state index in [0.29, 0.717) is 5.69 Å². The Kier molecular flexibility index (Phi) is 10.4. The average Bonchev–Trinajstić information content (AvgIpc) is 3.20. The molecule has 0 radical (unpaired) electrons. The summed E-state index contributed by atoms with van der Waals surface area (Å²) in [5, 5.41) is 26.3. The second-order valence-corrected chi connectivity index (χ2v) is 7.79. The fourth-order valence-corrected chi connectivity index (χ4v) is 2.75. The maximum absolute atomic E-state index is 12.8. The number of carbonyl (C=O) groups excluding carboxylic acids is 3. The van der Waals surface area contributed by atoms with Gasteiger partial charge in [-0.3, -0.25) is 14.4 Å². The van der Waals surface area contributed by atoms with Crippen LogP contribution in [-0.2, 0) is 25.6 Å². The minimum absolute atomic E-state index is 0.0392. The Hall–Kier alpha value is -2.64. The van der Waals surface area contributed by atoms with Crippen LogP contribution < -0.4 is 21.7 Å². The van der Waals surface area contributed by atoms with Crippen molar-refractivity contribution in [2.24, 2.45) is 11.7 Å². The molecule has 174 valence electrons. The maximum Gasteiger partial charge on any atom is 0.327 e. The number of hydrogen-bond donors (Lipinski definition) is 8. The number of thiol groups is 1. The van der Waals surface area contributed by atoms with E-state index in [0.717, 1.165) is 0 Å². The van der Waals surface area contributed by atoms with Crippen LogP contribution in [0.4, 0.5) is 0 Å². The number of aliphatic carboxylic acids is 1. The maximum atomic E-state index is 12.8. The van der Waals surface area contributed by atoms with Crippen LogP contribution in [-0.4, -0.2) is 79.9 Å². The molecule has 0 aliphatic heterocycles. The molecule has 0 aliphatic carbocycles. The summed E-state index contributed by atoms with van der Waals surface area (Å²) >= 11 is 3.90. The number of aromatic nitrogens is 2. The van der Waals surface area contributed by atoms with Gasteiger partial charge in [0.2, 0.25) is 17.7 Å². The first-order valence-corrected chi connectivity index (χ1v) is 10.3. The van der Waals surface area contributed by atoms with E-state index in [1.165, 1.54) is 19.4 Å². The normalized spacial score (nSPS) is 16.0. The minimum Gasteiger partial charge on any atom is -0.480 e. The van der Waals surface area contributed by atoms with E-state index in [1.807, 2.05) is 0 Å². The van der Waals surface area contributed by atoms with Gasteiger partial charge in [-0.1, -0.05) is 13.8 Å². The largest absolute Gasteiger partial charge is 0.480 e. The van der Waals surface area contributed by atoms with Gasteiger partial charge < -0.3 is 36.9 Å². The second kappa shape index (κ2) is 12.3. The van der Waals surface area contributed by atoms with Crippen LogP contribution in [0.15, 0.2) is 12.5 Å². The van der Waals surface area contributed by atoms with Gasteiger partial charge in [-0.15, -0.1) is 0 Å². The SMILES string of the molecule is CC(C)C(N)C(=O)NC(C(=O)NC(Cc1cnc[nH]1)C(=O)NC(CS)C(=O)O)C(C)O. The number of carboxylic acids is 1. The molecule has 0 saturated heterocycles. The topological polar surface area (TPSA) is 200 Å². The van der Waals surface area contributed by atoms with E-state index in [2.05, 4.69) is 38.5 Å².